The molecule has 1 aromatic heterocycles. The molecule has 0 saturated carbocycles. The third kappa shape index (κ3) is 2.37. The van der Waals surface area contributed by atoms with Crippen molar-refractivity contribution in [3.8, 4) is 17.0 Å². The maximum atomic E-state index is 11.2. The summed E-state index contributed by atoms with van der Waals surface area (Å²) < 4.78 is 5.38. The minimum absolute atomic E-state index is 0.416. The molecule has 1 aromatic carbocycles. The molecule has 1 heterocycles. The maximum absolute atomic E-state index is 11.2. The van der Waals surface area contributed by atoms with Gasteiger partial charge in [0.25, 0.3) is 5.91 Å². The first-order valence-electron chi connectivity index (χ1n) is 5.84. The van der Waals surface area contributed by atoms with Crippen LogP contribution in [0.5, 0.6) is 5.75 Å². The first-order valence-corrected chi connectivity index (χ1v) is 5.84. The van der Waals surface area contributed by atoms with E-state index in [0.29, 0.717) is 12.2 Å². The summed E-state index contributed by atoms with van der Waals surface area (Å²) in [4.78, 5) is 14.3. The zero-order valence-electron chi connectivity index (χ0n) is 10.5. The summed E-state index contributed by atoms with van der Waals surface area (Å²) in [7, 11) is 0. The van der Waals surface area contributed by atoms with E-state index in [9.17, 15) is 4.79 Å². The van der Waals surface area contributed by atoms with Gasteiger partial charge in [0.1, 0.15) is 5.75 Å². The highest BCUT2D eigenvalue weighted by molar-refractivity contribution is 5.95. The average Bonchev–Trinajstić information content (AvgIpc) is 2.73. The number of benzene rings is 1. The lowest BCUT2D eigenvalue weighted by Gasteiger charge is -2.03. The second kappa shape index (κ2) is 4.96. The molecule has 94 valence electrons. The molecular formula is C14H16N2O2. The number of ether oxygens (including phenoxy) is 1. The van der Waals surface area contributed by atoms with Crippen LogP contribution in [0, 0.1) is 6.92 Å². The Morgan fingerprint density at radius 3 is 2.50 bits per heavy atom. The minimum atomic E-state index is -0.416. The maximum Gasteiger partial charge on any atom is 0.250 e. The van der Waals surface area contributed by atoms with Crippen molar-refractivity contribution >= 4 is 5.91 Å². The molecule has 0 aliphatic rings. The van der Waals surface area contributed by atoms with Crippen LogP contribution in [0.1, 0.15) is 23.0 Å². The fraction of sp³-hybridized carbons (Fsp3) is 0.214. The summed E-state index contributed by atoms with van der Waals surface area (Å²) in [6, 6.07) is 9.47. The summed E-state index contributed by atoms with van der Waals surface area (Å²) in [6.07, 6.45) is 0. The number of amides is 1. The lowest BCUT2D eigenvalue weighted by atomic mass is 10.1. The first-order chi connectivity index (χ1) is 8.61. The topological polar surface area (TPSA) is 68.1 Å². The molecule has 1 amide bonds. The quantitative estimate of drug-likeness (QED) is 0.867. The third-order valence-corrected chi connectivity index (χ3v) is 2.76. The van der Waals surface area contributed by atoms with Gasteiger partial charge in [0.2, 0.25) is 0 Å². The van der Waals surface area contributed by atoms with Gasteiger partial charge in [-0.05, 0) is 49.7 Å². The molecule has 18 heavy (non-hydrogen) atoms. The van der Waals surface area contributed by atoms with Crippen molar-refractivity contribution in [3.63, 3.8) is 0 Å². The molecule has 3 N–H and O–H groups in total. The van der Waals surface area contributed by atoms with E-state index in [1.807, 2.05) is 38.1 Å². The number of primary amides is 1. The SMILES string of the molecule is CCOc1ccc(-c2cc(C(N)=O)c(C)[nH]2)cc1. The molecule has 0 fully saturated rings. The number of aromatic amines is 1. The van der Waals surface area contributed by atoms with Gasteiger partial charge in [-0.15, -0.1) is 0 Å². The fourth-order valence-corrected chi connectivity index (χ4v) is 1.87. The Hall–Kier alpha value is -2.23. The monoisotopic (exact) mass is 244 g/mol. The van der Waals surface area contributed by atoms with Gasteiger partial charge < -0.3 is 15.5 Å². The highest BCUT2D eigenvalue weighted by atomic mass is 16.5. The molecule has 0 aliphatic heterocycles. The molecule has 4 heteroatoms. The van der Waals surface area contributed by atoms with E-state index < -0.39 is 5.91 Å². The van der Waals surface area contributed by atoms with Gasteiger partial charge in [0, 0.05) is 11.4 Å². The highest BCUT2D eigenvalue weighted by Crippen LogP contribution is 2.23. The number of rotatable bonds is 4. The highest BCUT2D eigenvalue weighted by Gasteiger charge is 2.10. The van der Waals surface area contributed by atoms with Gasteiger partial charge in [-0.1, -0.05) is 0 Å². The molecule has 0 spiro atoms. The van der Waals surface area contributed by atoms with Crippen molar-refractivity contribution in [1.29, 1.82) is 0 Å². The zero-order valence-corrected chi connectivity index (χ0v) is 10.5. The van der Waals surface area contributed by atoms with E-state index in [1.54, 1.807) is 6.07 Å². The van der Waals surface area contributed by atoms with Crippen LogP contribution < -0.4 is 10.5 Å². The Balaban J connectivity index is 2.31. The van der Waals surface area contributed by atoms with Gasteiger partial charge in [-0.25, -0.2) is 0 Å². The van der Waals surface area contributed by atoms with Crippen LogP contribution in [0.3, 0.4) is 0 Å². The fourth-order valence-electron chi connectivity index (χ4n) is 1.87. The van der Waals surface area contributed by atoms with E-state index in [2.05, 4.69) is 4.98 Å². The molecule has 0 radical (unpaired) electrons. The second-order valence-corrected chi connectivity index (χ2v) is 4.04. The Bertz CT molecular complexity index is 556. The predicted molar refractivity (Wildman–Crippen MR) is 70.7 cm³/mol. The van der Waals surface area contributed by atoms with Crippen LogP contribution >= 0.6 is 0 Å². The Kier molecular flexibility index (Phi) is 3.37. The molecule has 0 atom stereocenters. The number of H-pyrrole nitrogens is 1. The number of aryl methyl sites for hydroxylation is 1. The second-order valence-electron chi connectivity index (χ2n) is 4.04. The standard InChI is InChI=1S/C14H16N2O2/c1-3-18-11-6-4-10(5-7-11)13-8-12(14(15)17)9(2)16-13/h4-8,16H,3H2,1-2H3,(H2,15,17). The molecule has 2 aromatic rings. The molecule has 0 bridgehead atoms. The van der Waals surface area contributed by atoms with Crippen LogP contribution in [0.2, 0.25) is 0 Å². The number of carbonyl (C=O) groups excluding carboxylic acids is 1. The first kappa shape index (κ1) is 12.2. The van der Waals surface area contributed by atoms with E-state index in [4.69, 9.17) is 10.5 Å². The summed E-state index contributed by atoms with van der Waals surface area (Å²) in [5.74, 6) is 0.417. The van der Waals surface area contributed by atoms with Crippen molar-refractivity contribution in [1.82, 2.24) is 4.98 Å². The van der Waals surface area contributed by atoms with E-state index in [1.165, 1.54) is 0 Å². The number of hydrogen-bond acceptors (Lipinski definition) is 2. The smallest absolute Gasteiger partial charge is 0.250 e. The Morgan fingerprint density at radius 2 is 2.00 bits per heavy atom. The molecular weight excluding hydrogens is 228 g/mol. The van der Waals surface area contributed by atoms with Gasteiger partial charge in [-0.2, -0.15) is 0 Å². The summed E-state index contributed by atoms with van der Waals surface area (Å²) in [5.41, 5.74) is 8.47. The van der Waals surface area contributed by atoms with Gasteiger partial charge in [-0.3, -0.25) is 4.79 Å². The molecule has 0 saturated heterocycles. The van der Waals surface area contributed by atoms with Crippen molar-refractivity contribution in [2.24, 2.45) is 5.73 Å². The number of hydrogen-bond donors (Lipinski definition) is 2. The van der Waals surface area contributed by atoms with Gasteiger partial charge in [0.15, 0.2) is 0 Å². The number of aromatic nitrogens is 1. The third-order valence-electron chi connectivity index (χ3n) is 2.76. The number of nitrogens with one attached hydrogen (secondary N) is 1. The molecule has 0 unspecified atom stereocenters. The van der Waals surface area contributed by atoms with E-state index >= 15 is 0 Å². The minimum Gasteiger partial charge on any atom is -0.494 e. The molecule has 4 nitrogen and oxygen atoms in total. The van der Waals surface area contributed by atoms with Gasteiger partial charge >= 0.3 is 0 Å². The van der Waals surface area contributed by atoms with Crippen molar-refractivity contribution in [2.45, 2.75) is 13.8 Å². The lowest BCUT2D eigenvalue weighted by molar-refractivity contribution is 0.1000. The van der Waals surface area contributed by atoms with Crippen molar-refractivity contribution in [2.75, 3.05) is 6.61 Å². The zero-order chi connectivity index (χ0) is 13.1. The number of nitrogens with two attached hydrogens (primary N) is 1. The van der Waals surface area contributed by atoms with Crippen molar-refractivity contribution < 1.29 is 9.53 Å². The van der Waals surface area contributed by atoms with Crippen LogP contribution in [-0.2, 0) is 0 Å². The Morgan fingerprint density at radius 1 is 1.33 bits per heavy atom. The summed E-state index contributed by atoms with van der Waals surface area (Å²) in [6.45, 7) is 4.42. The summed E-state index contributed by atoms with van der Waals surface area (Å²) in [5, 5.41) is 0. The summed E-state index contributed by atoms with van der Waals surface area (Å²) >= 11 is 0. The van der Waals surface area contributed by atoms with Crippen LogP contribution in [0.25, 0.3) is 11.3 Å². The number of carbonyl (C=O) groups is 1. The molecule has 2 rings (SSSR count). The predicted octanol–water partition coefficient (Wildman–Crippen LogP) is 2.49. The normalized spacial score (nSPS) is 10.3. The van der Waals surface area contributed by atoms with Crippen LogP contribution in [-0.4, -0.2) is 17.5 Å². The molecule has 0 aliphatic carbocycles. The Labute approximate surface area is 106 Å². The van der Waals surface area contributed by atoms with E-state index in [-0.39, 0.29) is 0 Å². The van der Waals surface area contributed by atoms with E-state index in [0.717, 1.165) is 22.7 Å². The largest absolute Gasteiger partial charge is 0.494 e. The van der Waals surface area contributed by atoms with Gasteiger partial charge in [0.05, 0.1) is 12.2 Å². The lowest BCUT2D eigenvalue weighted by Crippen LogP contribution is -2.10. The van der Waals surface area contributed by atoms with Crippen LogP contribution in [0.15, 0.2) is 30.3 Å². The van der Waals surface area contributed by atoms with Crippen molar-refractivity contribution in [3.05, 3.63) is 41.6 Å². The van der Waals surface area contributed by atoms with Crippen LogP contribution in [0.4, 0.5) is 0 Å². The average molecular weight is 244 g/mol.